The minimum Gasteiger partial charge on any atom is -0.456 e. The maximum absolute atomic E-state index is 6.14. The van der Waals surface area contributed by atoms with Gasteiger partial charge < -0.3 is 9.47 Å². The monoisotopic (exact) mass is 435 g/mol. The summed E-state index contributed by atoms with van der Waals surface area (Å²) in [5, 5.41) is 5.38. The lowest BCUT2D eigenvalue weighted by Gasteiger charge is -2.07. The summed E-state index contributed by atoms with van der Waals surface area (Å²) in [6.45, 7) is 0. The van der Waals surface area contributed by atoms with Gasteiger partial charge in [-0.3, -0.25) is 4.57 Å². The van der Waals surface area contributed by atoms with Gasteiger partial charge in [0.25, 0.3) is 0 Å². The van der Waals surface area contributed by atoms with Gasteiger partial charge in [0.15, 0.2) is 0 Å². The Balaban J connectivity index is 1.32. The molecule has 5 nitrogen and oxygen atoms in total. The van der Waals surface area contributed by atoms with Gasteiger partial charge in [-0.25, -0.2) is 9.97 Å². The normalized spacial score (nSPS) is 11.1. The smallest absolute Gasteiger partial charge is 0.219 e. The van der Waals surface area contributed by atoms with Gasteiger partial charge in [0.05, 0.1) is 5.52 Å². The number of para-hydroxylation sites is 1. The first-order chi connectivity index (χ1) is 15.8. The Labute approximate surface area is 188 Å². The zero-order valence-corrected chi connectivity index (χ0v) is 17.7. The Bertz CT molecular complexity index is 1490. The number of thiophene rings is 1. The van der Waals surface area contributed by atoms with E-state index in [-0.39, 0.29) is 0 Å². The first-order valence-corrected chi connectivity index (χ1v) is 11.0. The van der Waals surface area contributed by atoms with E-state index >= 15 is 0 Å². The van der Waals surface area contributed by atoms with Crippen LogP contribution in [0.25, 0.3) is 26.9 Å². The molecule has 32 heavy (non-hydrogen) atoms. The van der Waals surface area contributed by atoms with Crippen LogP contribution in [0.4, 0.5) is 0 Å². The summed E-state index contributed by atoms with van der Waals surface area (Å²) in [7, 11) is 0. The summed E-state index contributed by atoms with van der Waals surface area (Å²) in [6.07, 6.45) is 3.53. The van der Waals surface area contributed by atoms with Gasteiger partial charge >= 0.3 is 0 Å². The van der Waals surface area contributed by atoms with Crippen LogP contribution < -0.4 is 9.47 Å². The molecule has 0 aliphatic carbocycles. The number of hydrogen-bond donors (Lipinski definition) is 0. The second-order valence-electron chi connectivity index (χ2n) is 7.19. The van der Waals surface area contributed by atoms with E-state index in [0.717, 1.165) is 27.3 Å². The van der Waals surface area contributed by atoms with Crippen molar-refractivity contribution in [3.05, 3.63) is 103 Å². The van der Waals surface area contributed by atoms with Gasteiger partial charge in [0.1, 0.15) is 27.9 Å². The van der Waals surface area contributed by atoms with Crippen molar-refractivity contribution in [1.29, 1.82) is 0 Å². The SMILES string of the molecule is c1ccc(Oc2cccc(Oc3csc(-n4c5ccccc5c5cccnc54)c3)c2)nc1. The minimum atomic E-state index is 0.543. The van der Waals surface area contributed by atoms with Crippen LogP contribution in [-0.2, 0) is 0 Å². The van der Waals surface area contributed by atoms with Crippen molar-refractivity contribution >= 4 is 33.3 Å². The summed E-state index contributed by atoms with van der Waals surface area (Å²) in [5.41, 5.74) is 2.06. The van der Waals surface area contributed by atoms with Crippen LogP contribution >= 0.6 is 11.3 Å². The molecule has 0 spiro atoms. The molecule has 4 aromatic heterocycles. The van der Waals surface area contributed by atoms with Crippen molar-refractivity contribution in [3.63, 3.8) is 0 Å². The van der Waals surface area contributed by atoms with Gasteiger partial charge in [-0.1, -0.05) is 30.3 Å². The molecule has 0 amide bonds. The number of pyridine rings is 2. The van der Waals surface area contributed by atoms with Crippen molar-refractivity contribution in [2.45, 2.75) is 0 Å². The highest BCUT2D eigenvalue weighted by molar-refractivity contribution is 7.12. The van der Waals surface area contributed by atoms with E-state index in [1.165, 1.54) is 5.39 Å². The average molecular weight is 436 g/mol. The zero-order chi connectivity index (χ0) is 21.3. The molecule has 0 radical (unpaired) electrons. The van der Waals surface area contributed by atoms with Crippen molar-refractivity contribution in [3.8, 4) is 28.1 Å². The van der Waals surface area contributed by atoms with E-state index in [1.54, 1.807) is 17.5 Å². The van der Waals surface area contributed by atoms with Crippen LogP contribution in [0, 0.1) is 0 Å². The third-order valence-corrected chi connectivity index (χ3v) is 6.01. The molecule has 0 saturated heterocycles. The van der Waals surface area contributed by atoms with Crippen molar-refractivity contribution in [2.75, 3.05) is 0 Å². The van der Waals surface area contributed by atoms with E-state index in [1.807, 2.05) is 66.2 Å². The molecule has 0 atom stereocenters. The quantitative estimate of drug-likeness (QED) is 0.287. The maximum atomic E-state index is 6.14. The van der Waals surface area contributed by atoms with Crippen molar-refractivity contribution < 1.29 is 9.47 Å². The van der Waals surface area contributed by atoms with Gasteiger partial charge in [-0.2, -0.15) is 0 Å². The standard InChI is InChI=1S/C26H17N3O2S/c1-2-11-23-21(9-1)22-10-6-14-28-26(22)29(23)25-16-20(17-32-25)30-18-7-5-8-19(15-18)31-24-12-3-4-13-27-24/h1-17H. The molecular formula is C26H17N3O2S. The van der Waals surface area contributed by atoms with Crippen LogP contribution in [0.5, 0.6) is 23.1 Å². The fourth-order valence-corrected chi connectivity index (χ4v) is 4.59. The summed E-state index contributed by atoms with van der Waals surface area (Å²) < 4.78 is 14.1. The van der Waals surface area contributed by atoms with Gasteiger partial charge in [-0.05, 0) is 36.4 Å². The molecule has 0 fully saturated rings. The molecule has 6 rings (SSSR count). The van der Waals surface area contributed by atoms with E-state index in [0.29, 0.717) is 17.4 Å². The molecule has 2 aromatic carbocycles. The average Bonchev–Trinajstić information content (AvgIpc) is 3.42. The zero-order valence-electron chi connectivity index (χ0n) is 16.9. The minimum absolute atomic E-state index is 0.543. The fraction of sp³-hybridized carbons (Fsp3) is 0. The van der Waals surface area contributed by atoms with Crippen LogP contribution in [-0.4, -0.2) is 14.5 Å². The maximum Gasteiger partial charge on any atom is 0.219 e. The summed E-state index contributed by atoms with van der Waals surface area (Å²) in [5.74, 6) is 2.68. The highest BCUT2D eigenvalue weighted by Crippen LogP contribution is 2.36. The second kappa shape index (κ2) is 7.83. The third-order valence-electron chi connectivity index (χ3n) is 5.12. The molecule has 6 heteroatoms. The molecule has 0 aliphatic rings. The predicted octanol–water partition coefficient (Wildman–Crippen LogP) is 7.22. The van der Waals surface area contributed by atoms with Crippen LogP contribution in [0.2, 0.25) is 0 Å². The number of hydrogen-bond acceptors (Lipinski definition) is 5. The number of fused-ring (bicyclic) bond motifs is 3. The van der Waals surface area contributed by atoms with Gasteiger partial charge in [0.2, 0.25) is 5.88 Å². The van der Waals surface area contributed by atoms with E-state index < -0.39 is 0 Å². The molecule has 6 aromatic rings. The summed E-state index contributed by atoms with van der Waals surface area (Å²) in [6, 6.07) is 27.6. The van der Waals surface area contributed by atoms with Crippen LogP contribution in [0.1, 0.15) is 0 Å². The Morgan fingerprint density at radius 1 is 0.656 bits per heavy atom. The van der Waals surface area contributed by atoms with Crippen LogP contribution in [0.3, 0.4) is 0 Å². The highest BCUT2D eigenvalue weighted by atomic mass is 32.1. The molecule has 0 unspecified atom stereocenters. The number of aromatic nitrogens is 3. The van der Waals surface area contributed by atoms with E-state index in [2.05, 4.69) is 44.9 Å². The van der Waals surface area contributed by atoms with E-state index in [9.17, 15) is 0 Å². The third kappa shape index (κ3) is 3.36. The first kappa shape index (κ1) is 18.6. The summed E-state index contributed by atoms with van der Waals surface area (Å²) in [4.78, 5) is 8.85. The van der Waals surface area contributed by atoms with E-state index in [4.69, 9.17) is 9.47 Å². The first-order valence-electron chi connectivity index (χ1n) is 10.1. The largest absolute Gasteiger partial charge is 0.456 e. The highest BCUT2D eigenvalue weighted by Gasteiger charge is 2.14. The second-order valence-corrected chi connectivity index (χ2v) is 8.08. The molecule has 154 valence electrons. The Kier molecular flexibility index (Phi) is 4.55. The lowest BCUT2D eigenvalue weighted by Crippen LogP contribution is -1.92. The van der Waals surface area contributed by atoms with Gasteiger partial charge in [0, 0.05) is 46.7 Å². The lowest BCUT2D eigenvalue weighted by molar-refractivity contribution is 0.449. The lowest BCUT2D eigenvalue weighted by atomic mass is 10.2. The molecule has 0 bridgehead atoms. The fourth-order valence-electron chi connectivity index (χ4n) is 3.76. The Morgan fingerprint density at radius 3 is 2.38 bits per heavy atom. The van der Waals surface area contributed by atoms with Crippen molar-refractivity contribution in [1.82, 2.24) is 14.5 Å². The van der Waals surface area contributed by atoms with Crippen LogP contribution in [0.15, 0.2) is 103 Å². The number of ether oxygens (including phenoxy) is 2. The summed E-state index contributed by atoms with van der Waals surface area (Å²) >= 11 is 1.62. The molecule has 0 saturated carbocycles. The number of benzene rings is 2. The molecule has 0 N–H and O–H groups in total. The predicted molar refractivity (Wildman–Crippen MR) is 127 cm³/mol. The van der Waals surface area contributed by atoms with Crippen molar-refractivity contribution in [2.24, 2.45) is 0 Å². The Morgan fingerprint density at radius 2 is 1.47 bits per heavy atom. The number of nitrogens with zero attached hydrogens (tertiary/aromatic N) is 3. The molecule has 0 aliphatic heterocycles. The molecule has 4 heterocycles. The Hall–Kier alpha value is -4.16. The topological polar surface area (TPSA) is 49.2 Å². The number of rotatable bonds is 5. The molecular weight excluding hydrogens is 418 g/mol. The van der Waals surface area contributed by atoms with Gasteiger partial charge in [-0.15, -0.1) is 11.3 Å².